The second-order valence-corrected chi connectivity index (χ2v) is 8.86. The summed E-state index contributed by atoms with van der Waals surface area (Å²) in [6.45, 7) is 0.881. The molecule has 1 aliphatic heterocycles. The van der Waals surface area contributed by atoms with Crippen LogP contribution in [0.1, 0.15) is 30.4 Å². The van der Waals surface area contributed by atoms with Gasteiger partial charge in [0.25, 0.3) is 5.91 Å². The van der Waals surface area contributed by atoms with E-state index in [1.165, 1.54) is 4.90 Å². The molecule has 192 valence electrons. The largest absolute Gasteiger partial charge is 0.493 e. The van der Waals surface area contributed by atoms with E-state index in [-0.39, 0.29) is 31.7 Å². The van der Waals surface area contributed by atoms with E-state index in [9.17, 15) is 14.7 Å². The summed E-state index contributed by atoms with van der Waals surface area (Å²) < 4.78 is 16.2. The molecule has 2 aromatic carbocycles. The van der Waals surface area contributed by atoms with Crippen molar-refractivity contribution in [3.05, 3.63) is 59.2 Å². The minimum atomic E-state index is -1.04. The Morgan fingerprint density at radius 1 is 1.06 bits per heavy atom. The van der Waals surface area contributed by atoms with Gasteiger partial charge >= 0.3 is 6.09 Å². The highest BCUT2D eigenvalue weighted by atomic mass is 16.5. The highest BCUT2D eigenvalue weighted by molar-refractivity contribution is 6.03. The minimum absolute atomic E-state index is 0.0431. The summed E-state index contributed by atoms with van der Waals surface area (Å²) in [6.07, 6.45) is 1.24. The molecular weight excluding hydrogens is 464 g/mol. The van der Waals surface area contributed by atoms with Crippen LogP contribution in [0.15, 0.2) is 48.0 Å². The SMILES string of the molecule is COc1ccc(CN(C(=O)C2=C(c3ccc(OCCO)cc3)CCN(C(=O)O)C2)C2CC2)cc1OC. The van der Waals surface area contributed by atoms with Gasteiger partial charge in [0.1, 0.15) is 12.4 Å². The van der Waals surface area contributed by atoms with Crippen molar-refractivity contribution >= 4 is 17.6 Å². The first-order valence-electron chi connectivity index (χ1n) is 12.0. The van der Waals surface area contributed by atoms with Crippen LogP contribution in [0.3, 0.4) is 0 Å². The monoisotopic (exact) mass is 496 g/mol. The van der Waals surface area contributed by atoms with Gasteiger partial charge in [-0.1, -0.05) is 18.2 Å². The van der Waals surface area contributed by atoms with Crippen LogP contribution in [0.4, 0.5) is 4.79 Å². The number of aliphatic hydroxyl groups excluding tert-OH is 1. The maximum absolute atomic E-state index is 14.0. The summed E-state index contributed by atoms with van der Waals surface area (Å²) in [5, 5.41) is 18.6. The lowest BCUT2D eigenvalue weighted by molar-refractivity contribution is -0.128. The first-order chi connectivity index (χ1) is 17.4. The van der Waals surface area contributed by atoms with Gasteiger partial charge in [0, 0.05) is 24.7 Å². The topological polar surface area (TPSA) is 109 Å². The van der Waals surface area contributed by atoms with Crippen molar-refractivity contribution in [3.63, 3.8) is 0 Å². The molecule has 9 heteroatoms. The van der Waals surface area contributed by atoms with Crippen LogP contribution in [0.2, 0.25) is 0 Å². The predicted octanol–water partition coefficient (Wildman–Crippen LogP) is 3.40. The number of benzene rings is 2. The van der Waals surface area contributed by atoms with E-state index in [2.05, 4.69) is 0 Å². The summed E-state index contributed by atoms with van der Waals surface area (Å²) in [5.41, 5.74) is 3.12. The number of rotatable bonds is 10. The summed E-state index contributed by atoms with van der Waals surface area (Å²) >= 11 is 0. The molecule has 1 fully saturated rings. The summed E-state index contributed by atoms with van der Waals surface area (Å²) in [7, 11) is 3.15. The molecule has 1 aliphatic carbocycles. The Morgan fingerprint density at radius 2 is 1.78 bits per heavy atom. The van der Waals surface area contributed by atoms with Gasteiger partial charge in [0.15, 0.2) is 11.5 Å². The molecule has 0 bridgehead atoms. The molecule has 0 saturated heterocycles. The molecule has 0 spiro atoms. The van der Waals surface area contributed by atoms with Crippen LogP contribution in [0.25, 0.3) is 5.57 Å². The Hall–Kier alpha value is -3.72. The van der Waals surface area contributed by atoms with E-state index < -0.39 is 6.09 Å². The van der Waals surface area contributed by atoms with Crippen LogP contribution < -0.4 is 14.2 Å². The maximum atomic E-state index is 14.0. The van der Waals surface area contributed by atoms with Crippen molar-refractivity contribution in [2.45, 2.75) is 31.8 Å². The van der Waals surface area contributed by atoms with Gasteiger partial charge in [0.05, 0.1) is 27.4 Å². The highest BCUT2D eigenvalue weighted by Crippen LogP contribution is 2.36. The van der Waals surface area contributed by atoms with Gasteiger partial charge in [-0.25, -0.2) is 4.79 Å². The van der Waals surface area contributed by atoms with Gasteiger partial charge in [-0.3, -0.25) is 4.79 Å². The lowest BCUT2D eigenvalue weighted by atomic mass is 9.92. The second-order valence-electron chi connectivity index (χ2n) is 8.86. The summed E-state index contributed by atoms with van der Waals surface area (Å²) in [5.74, 6) is 1.69. The molecule has 4 rings (SSSR count). The molecule has 1 heterocycles. The number of ether oxygens (including phenoxy) is 3. The molecule has 0 radical (unpaired) electrons. The van der Waals surface area contributed by atoms with Crippen molar-refractivity contribution in [2.24, 2.45) is 0 Å². The van der Waals surface area contributed by atoms with Crippen molar-refractivity contribution in [3.8, 4) is 17.2 Å². The van der Waals surface area contributed by atoms with E-state index in [0.717, 1.165) is 29.5 Å². The smallest absolute Gasteiger partial charge is 0.407 e. The number of hydrogen-bond donors (Lipinski definition) is 2. The number of nitrogens with zero attached hydrogens (tertiary/aromatic N) is 2. The number of carboxylic acid groups (broad SMARTS) is 1. The standard InChI is InChI=1S/C27H32N2O7/c1-34-24-10-3-18(15-25(24)35-2)16-29(20-6-7-20)26(31)23-17-28(27(32)33)12-11-22(23)19-4-8-21(9-5-19)36-14-13-30/h3-5,8-10,15,20,30H,6-7,11-14,16-17H2,1-2H3,(H,32,33). The van der Waals surface area contributed by atoms with Crippen molar-refractivity contribution in [1.29, 1.82) is 0 Å². The Labute approximate surface area is 210 Å². The summed E-state index contributed by atoms with van der Waals surface area (Å²) in [4.78, 5) is 28.9. The van der Waals surface area contributed by atoms with Crippen LogP contribution >= 0.6 is 0 Å². The average Bonchev–Trinajstić information content (AvgIpc) is 3.75. The third kappa shape index (κ3) is 5.73. The van der Waals surface area contributed by atoms with Crippen LogP contribution in [0, 0.1) is 0 Å². The van der Waals surface area contributed by atoms with Crippen LogP contribution in [0.5, 0.6) is 17.2 Å². The number of amides is 2. The van der Waals surface area contributed by atoms with Crippen molar-refractivity contribution in [2.75, 3.05) is 40.5 Å². The van der Waals surface area contributed by atoms with Crippen LogP contribution in [-0.2, 0) is 11.3 Å². The minimum Gasteiger partial charge on any atom is -0.493 e. The third-order valence-electron chi connectivity index (χ3n) is 6.49. The lowest BCUT2D eigenvalue weighted by Gasteiger charge is -2.32. The number of methoxy groups -OCH3 is 2. The van der Waals surface area contributed by atoms with E-state index in [4.69, 9.17) is 19.3 Å². The fraction of sp³-hybridized carbons (Fsp3) is 0.407. The Kier molecular flexibility index (Phi) is 8.00. The molecule has 0 unspecified atom stereocenters. The molecule has 2 N–H and O–H groups in total. The zero-order valence-electron chi connectivity index (χ0n) is 20.6. The van der Waals surface area contributed by atoms with E-state index >= 15 is 0 Å². The molecule has 2 aliphatic rings. The molecule has 2 amide bonds. The maximum Gasteiger partial charge on any atom is 0.407 e. The van der Waals surface area contributed by atoms with Gasteiger partial charge in [-0.15, -0.1) is 0 Å². The fourth-order valence-electron chi connectivity index (χ4n) is 4.46. The lowest BCUT2D eigenvalue weighted by Crippen LogP contribution is -2.42. The zero-order chi connectivity index (χ0) is 25.7. The fourth-order valence-corrected chi connectivity index (χ4v) is 4.46. The highest BCUT2D eigenvalue weighted by Gasteiger charge is 2.37. The Morgan fingerprint density at radius 3 is 2.39 bits per heavy atom. The Balaban J connectivity index is 1.65. The summed E-state index contributed by atoms with van der Waals surface area (Å²) in [6, 6.07) is 13.1. The second kappa shape index (κ2) is 11.3. The van der Waals surface area contributed by atoms with Gasteiger partial charge in [-0.05, 0) is 60.2 Å². The van der Waals surface area contributed by atoms with Gasteiger partial charge in [0.2, 0.25) is 0 Å². The van der Waals surface area contributed by atoms with Gasteiger partial charge in [-0.2, -0.15) is 0 Å². The molecule has 36 heavy (non-hydrogen) atoms. The average molecular weight is 497 g/mol. The molecule has 9 nitrogen and oxygen atoms in total. The quantitative estimate of drug-likeness (QED) is 0.519. The molecule has 0 aromatic heterocycles. The molecule has 1 saturated carbocycles. The van der Waals surface area contributed by atoms with Gasteiger partial charge < -0.3 is 34.2 Å². The van der Waals surface area contributed by atoms with E-state index in [0.29, 0.717) is 42.3 Å². The number of carbonyl (C=O) groups excluding carboxylic acids is 1. The zero-order valence-corrected chi connectivity index (χ0v) is 20.6. The first-order valence-corrected chi connectivity index (χ1v) is 12.0. The van der Waals surface area contributed by atoms with Crippen LogP contribution in [-0.4, -0.2) is 78.6 Å². The Bertz CT molecular complexity index is 1130. The number of aliphatic hydroxyl groups is 1. The number of hydrogen-bond acceptors (Lipinski definition) is 6. The molecule has 0 atom stereocenters. The van der Waals surface area contributed by atoms with Crippen molar-refractivity contribution < 1.29 is 34.0 Å². The molecule has 2 aromatic rings. The van der Waals surface area contributed by atoms with Crippen molar-refractivity contribution in [1.82, 2.24) is 9.80 Å². The van der Waals surface area contributed by atoms with E-state index in [1.807, 2.05) is 35.2 Å². The third-order valence-corrected chi connectivity index (χ3v) is 6.49. The molecular formula is C27H32N2O7. The predicted molar refractivity (Wildman–Crippen MR) is 133 cm³/mol. The normalized spacial score (nSPS) is 15.5. The first kappa shape index (κ1) is 25.4. The van der Waals surface area contributed by atoms with E-state index in [1.54, 1.807) is 26.4 Å². The number of carbonyl (C=O) groups is 2.